The number of carbonyl (C=O) groups excluding carboxylic acids is 1. The third-order valence-corrected chi connectivity index (χ3v) is 8.07. The van der Waals surface area contributed by atoms with Gasteiger partial charge in [0.15, 0.2) is 0 Å². The number of amides is 1. The summed E-state index contributed by atoms with van der Waals surface area (Å²) in [4.78, 5) is 27.4. The Labute approximate surface area is 241 Å². The molecule has 3 aliphatic rings. The Morgan fingerprint density at radius 1 is 1.17 bits per heavy atom. The normalized spacial score (nSPS) is 20.9. The van der Waals surface area contributed by atoms with Crippen molar-refractivity contribution in [1.29, 1.82) is 0 Å². The van der Waals surface area contributed by atoms with Gasteiger partial charge in [-0.05, 0) is 95.8 Å². The van der Waals surface area contributed by atoms with E-state index < -0.39 is 0 Å². The molecule has 10 heteroatoms. The molecule has 1 aromatic carbocycles. The second-order valence-corrected chi connectivity index (χ2v) is 12.0. The van der Waals surface area contributed by atoms with Crippen LogP contribution in [-0.2, 0) is 7.05 Å². The fraction of sp³-hybridized carbons (Fsp3) is 0.484. The summed E-state index contributed by atoms with van der Waals surface area (Å²) in [6, 6.07) is 10.2. The van der Waals surface area contributed by atoms with Gasteiger partial charge in [0.2, 0.25) is 11.8 Å². The fourth-order valence-electron chi connectivity index (χ4n) is 6.06. The van der Waals surface area contributed by atoms with Crippen LogP contribution in [0.3, 0.4) is 0 Å². The predicted octanol–water partition coefficient (Wildman–Crippen LogP) is 4.78. The molecule has 0 radical (unpaired) electrons. The standard InChI is InChI=1S/C31H40N8O2/c1-19-13-23-14-27(34-19)25-16-32-38(5)30(25)41-12-6-7-22(21-8-9-21)18-39-28-15-24(33-20(2)17-37(3)4)10-11-26(28)35-31(39)36-29(23)40/h10-11,13-16,20-22,33H,6-9,12,17-18H2,1-5H3,(H,35,36,40)/t20-,22-/m1/s1. The number of hydrogen-bond acceptors (Lipinski definition) is 8. The van der Waals surface area contributed by atoms with Crippen LogP contribution in [0, 0.1) is 18.8 Å². The Morgan fingerprint density at radius 2 is 2.00 bits per heavy atom. The summed E-state index contributed by atoms with van der Waals surface area (Å²) in [5, 5.41) is 11.5. The van der Waals surface area contributed by atoms with Crippen LogP contribution in [0.25, 0.3) is 11.3 Å². The van der Waals surface area contributed by atoms with Crippen LogP contribution in [0.15, 0.2) is 41.5 Å². The van der Waals surface area contributed by atoms with Gasteiger partial charge in [-0.2, -0.15) is 10.1 Å². The highest BCUT2D eigenvalue weighted by molar-refractivity contribution is 6.19. The Kier molecular flexibility index (Phi) is 7.42. The van der Waals surface area contributed by atoms with E-state index in [0.717, 1.165) is 54.3 Å². The van der Waals surface area contributed by atoms with E-state index in [1.165, 1.54) is 12.8 Å². The Hall–Kier alpha value is -3.92. The number of aryl methyl sites for hydroxylation is 2. The summed E-state index contributed by atoms with van der Waals surface area (Å²) in [6.45, 7) is 6.40. The number of nitrogens with zero attached hydrogens (tertiary/aromatic N) is 6. The molecular weight excluding hydrogens is 516 g/mol. The highest BCUT2D eigenvalue weighted by atomic mass is 16.5. The summed E-state index contributed by atoms with van der Waals surface area (Å²) in [5.41, 5.74) is 5.73. The second-order valence-electron chi connectivity index (χ2n) is 12.0. The Morgan fingerprint density at radius 3 is 2.78 bits per heavy atom. The first-order chi connectivity index (χ1) is 19.7. The first-order valence-corrected chi connectivity index (χ1v) is 14.6. The quantitative estimate of drug-likeness (QED) is 0.463. The minimum absolute atomic E-state index is 0.290. The third-order valence-electron chi connectivity index (χ3n) is 8.07. The second kappa shape index (κ2) is 11.2. The maximum atomic E-state index is 13.7. The SMILES string of the molecule is Cc1cc2cc(n1)-c1cnn(C)c1OCCC[C@@H](C1CC1)CN1/C(=N/C2=O)Nc2ccc(N[C@H](C)CN(C)C)cc21. The van der Waals surface area contributed by atoms with Crippen LogP contribution in [0.4, 0.5) is 17.1 Å². The van der Waals surface area contributed by atoms with Crippen molar-refractivity contribution in [3.8, 4) is 17.1 Å². The van der Waals surface area contributed by atoms with Crippen molar-refractivity contribution in [1.82, 2.24) is 19.7 Å². The van der Waals surface area contributed by atoms with Crippen LogP contribution in [0.5, 0.6) is 5.88 Å². The zero-order valence-electron chi connectivity index (χ0n) is 24.6. The molecule has 3 aromatic rings. The number of pyridine rings is 1. The Bertz CT molecular complexity index is 1470. The van der Waals surface area contributed by atoms with E-state index in [9.17, 15) is 4.79 Å². The fourth-order valence-corrected chi connectivity index (χ4v) is 6.06. The number of ether oxygens (including phenoxy) is 1. The number of aromatic nitrogens is 3. The van der Waals surface area contributed by atoms with Gasteiger partial charge in [-0.1, -0.05) is 0 Å². The van der Waals surface area contributed by atoms with Crippen LogP contribution in [0.1, 0.15) is 48.7 Å². The minimum Gasteiger partial charge on any atom is -0.477 e. The first kappa shape index (κ1) is 27.3. The summed E-state index contributed by atoms with van der Waals surface area (Å²) in [6.07, 6.45) is 6.22. The maximum Gasteiger partial charge on any atom is 0.280 e. The number of rotatable bonds is 5. The van der Waals surface area contributed by atoms with Crippen molar-refractivity contribution in [2.45, 2.75) is 45.6 Å². The molecule has 6 rings (SSSR count). The van der Waals surface area contributed by atoms with Crippen molar-refractivity contribution in [3.63, 3.8) is 0 Å². The van der Waals surface area contributed by atoms with E-state index in [2.05, 4.69) is 69.7 Å². The van der Waals surface area contributed by atoms with Crippen molar-refractivity contribution < 1.29 is 9.53 Å². The average molecular weight is 557 g/mol. The zero-order valence-corrected chi connectivity index (χ0v) is 24.6. The zero-order chi connectivity index (χ0) is 28.7. The van der Waals surface area contributed by atoms with Crippen molar-refractivity contribution in [3.05, 3.63) is 47.8 Å². The minimum atomic E-state index is -0.306. The molecule has 2 N–H and O–H groups in total. The highest BCUT2D eigenvalue weighted by Crippen LogP contribution is 2.43. The van der Waals surface area contributed by atoms with Crippen molar-refractivity contribution in [2.75, 3.05) is 49.3 Å². The number of anilines is 3. The largest absolute Gasteiger partial charge is 0.477 e. The van der Waals surface area contributed by atoms with Gasteiger partial charge in [0.1, 0.15) is 0 Å². The van der Waals surface area contributed by atoms with Gasteiger partial charge in [-0.3, -0.25) is 9.78 Å². The average Bonchev–Trinajstić information content (AvgIpc) is 3.62. The molecule has 2 bridgehead atoms. The lowest BCUT2D eigenvalue weighted by molar-refractivity contribution is 0.100. The van der Waals surface area contributed by atoms with Crippen LogP contribution < -0.4 is 20.3 Å². The molecule has 0 unspecified atom stereocenters. The molecule has 41 heavy (non-hydrogen) atoms. The molecule has 0 spiro atoms. The van der Waals surface area contributed by atoms with Gasteiger partial charge in [-0.15, -0.1) is 0 Å². The monoisotopic (exact) mass is 556 g/mol. The third kappa shape index (κ3) is 5.93. The van der Waals surface area contributed by atoms with Crippen molar-refractivity contribution in [2.24, 2.45) is 23.9 Å². The number of aliphatic imine (C=N–C) groups is 1. The molecule has 216 valence electrons. The van der Waals surface area contributed by atoms with E-state index in [1.54, 1.807) is 23.0 Å². The molecule has 2 atom stereocenters. The number of fused-ring (bicyclic) bond motifs is 7. The van der Waals surface area contributed by atoms with E-state index in [-0.39, 0.29) is 11.9 Å². The highest BCUT2D eigenvalue weighted by Gasteiger charge is 2.36. The summed E-state index contributed by atoms with van der Waals surface area (Å²) in [7, 11) is 6.04. The molecule has 0 saturated heterocycles. The van der Waals surface area contributed by atoms with Crippen LogP contribution in [0.2, 0.25) is 0 Å². The number of hydrogen-bond donors (Lipinski definition) is 2. The topological polar surface area (TPSA) is 99.9 Å². The first-order valence-electron chi connectivity index (χ1n) is 14.6. The molecule has 1 aliphatic carbocycles. The molecule has 1 fully saturated rings. The van der Waals surface area contributed by atoms with E-state index in [4.69, 9.17) is 9.72 Å². The Balaban J connectivity index is 1.38. The van der Waals surface area contributed by atoms with Gasteiger partial charge >= 0.3 is 0 Å². The maximum absolute atomic E-state index is 13.7. The molecule has 1 amide bonds. The summed E-state index contributed by atoms with van der Waals surface area (Å²) in [5.74, 6) is 2.10. The number of guanidine groups is 1. The van der Waals surface area contributed by atoms with Gasteiger partial charge in [0.25, 0.3) is 5.91 Å². The number of nitrogens with one attached hydrogen (secondary N) is 2. The number of benzene rings is 1. The molecule has 4 heterocycles. The van der Waals surface area contributed by atoms with E-state index in [0.29, 0.717) is 41.5 Å². The lowest BCUT2D eigenvalue weighted by Gasteiger charge is -2.26. The van der Waals surface area contributed by atoms with E-state index >= 15 is 0 Å². The molecule has 10 nitrogen and oxygen atoms in total. The van der Waals surface area contributed by atoms with Crippen LogP contribution >= 0.6 is 0 Å². The lowest BCUT2D eigenvalue weighted by atomic mass is 9.97. The van der Waals surface area contributed by atoms with Gasteiger partial charge in [0.05, 0.1) is 35.4 Å². The predicted molar refractivity (Wildman–Crippen MR) is 163 cm³/mol. The van der Waals surface area contributed by atoms with E-state index in [1.807, 2.05) is 14.0 Å². The van der Waals surface area contributed by atoms with Crippen molar-refractivity contribution >= 4 is 28.9 Å². The van der Waals surface area contributed by atoms with Crippen LogP contribution in [-0.4, -0.2) is 71.4 Å². The summed E-state index contributed by atoms with van der Waals surface area (Å²) < 4.78 is 8.01. The molecular formula is C31H40N8O2. The summed E-state index contributed by atoms with van der Waals surface area (Å²) >= 11 is 0. The molecule has 2 aromatic heterocycles. The smallest absolute Gasteiger partial charge is 0.280 e. The number of carbonyl (C=O) groups is 1. The van der Waals surface area contributed by atoms with Gasteiger partial charge in [-0.25, -0.2) is 4.68 Å². The molecule has 2 aliphatic heterocycles. The molecule has 1 saturated carbocycles. The lowest BCUT2D eigenvalue weighted by Crippen LogP contribution is -2.36. The van der Waals surface area contributed by atoms with Gasteiger partial charge in [0, 0.05) is 43.1 Å². The number of likely N-dealkylation sites (N-methyl/N-ethyl adjacent to an activating group) is 1. The van der Waals surface area contributed by atoms with Gasteiger partial charge < -0.3 is 25.2 Å².